The van der Waals surface area contributed by atoms with E-state index in [0.717, 1.165) is 18.4 Å². The fourth-order valence-electron chi connectivity index (χ4n) is 2.70. The van der Waals surface area contributed by atoms with Crippen molar-refractivity contribution in [2.75, 3.05) is 13.2 Å². The molecule has 6 nitrogen and oxygen atoms in total. The van der Waals surface area contributed by atoms with Crippen LogP contribution in [-0.2, 0) is 16.1 Å². The quantitative estimate of drug-likeness (QED) is 0.847. The van der Waals surface area contributed by atoms with E-state index in [1.165, 1.54) is 0 Å². The molecule has 0 spiro atoms. The number of benzene rings is 1. The molecule has 1 aliphatic heterocycles. The normalized spacial score (nSPS) is 17.9. The van der Waals surface area contributed by atoms with Gasteiger partial charge >= 0.3 is 0 Å². The predicted octanol–water partition coefficient (Wildman–Crippen LogP) is 2.26. The van der Waals surface area contributed by atoms with Gasteiger partial charge in [-0.1, -0.05) is 35.5 Å². The van der Waals surface area contributed by atoms with Crippen molar-refractivity contribution in [3.8, 4) is 0 Å². The molecule has 1 saturated heterocycles. The van der Waals surface area contributed by atoms with Crippen LogP contribution in [0.3, 0.4) is 0 Å². The van der Waals surface area contributed by atoms with Crippen LogP contribution >= 0.6 is 0 Å². The molecule has 1 aromatic heterocycles. The van der Waals surface area contributed by atoms with Gasteiger partial charge in [0.1, 0.15) is 6.61 Å². The SMILES string of the molecule is Cc1nc([C@H]2CCCN2C(=O)COCc2ccccc2)no1. The number of aryl methyl sites for hydroxylation is 1. The van der Waals surface area contributed by atoms with Crippen LogP contribution in [0.5, 0.6) is 0 Å². The van der Waals surface area contributed by atoms with Crippen molar-refractivity contribution in [3.05, 3.63) is 47.6 Å². The number of aromatic nitrogens is 2. The molecule has 0 N–H and O–H groups in total. The van der Waals surface area contributed by atoms with Crippen LogP contribution in [0.2, 0.25) is 0 Å². The lowest BCUT2D eigenvalue weighted by Gasteiger charge is -2.22. The van der Waals surface area contributed by atoms with E-state index in [1.54, 1.807) is 11.8 Å². The van der Waals surface area contributed by atoms with E-state index in [0.29, 0.717) is 24.9 Å². The van der Waals surface area contributed by atoms with E-state index in [2.05, 4.69) is 10.1 Å². The second-order valence-electron chi connectivity index (χ2n) is 5.40. The molecule has 1 atom stereocenters. The second kappa shape index (κ2) is 6.70. The zero-order valence-electron chi connectivity index (χ0n) is 12.6. The highest BCUT2D eigenvalue weighted by Gasteiger charge is 2.32. The average Bonchev–Trinajstić information content (AvgIpc) is 3.16. The minimum atomic E-state index is -0.0923. The predicted molar refractivity (Wildman–Crippen MR) is 78.8 cm³/mol. The molecule has 1 amide bonds. The summed E-state index contributed by atoms with van der Waals surface area (Å²) in [5.74, 6) is 1.09. The topological polar surface area (TPSA) is 68.5 Å². The fraction of sp³-hybridized carbons (Fsp3) is 0.438. The summed E-state index contributed by atoms with van der Waals surface area (Å²) in [5, 5.41) is 3.94. The minimum absolute atomic E-state index is 0.0270. The van der Waals surface area contributed by atoms with Crippen LogP contribution in [-0.4, -0.2) is 34.1 Å². The van der Waals surface area contributed by atoms with Gasteiger partial charge in [0.2, 0.25) is 11.8 Å². The van der Waals surface area contributed by atoms with E-state index < -0.39 is 0 Å². The molecule has 0 bridgehead atoms. The monoisotopic (exact) mass is 301 g/mol. The van der Waals surface area contributed by atoms with Gasteiger partial charge in [-0.2, -0.15) is 4.98 Å². The Balaban J connectivity index is 1.55. The molecule has 0 radical (unpaired) electrons. The lowest BCUT2D eigenvalue weighted by molar-refractivity contribution is -0.137. The summed E-state index contributed by atoms with van der Waals surface area (Å²) in [4.78, 5) is 18.4. The fourth-order valence-corrected chi connectivity index (χ4v) is 2.70. The third-order valence-corrected chi connectivity index (χ3v) is 3.75. The maximum atomic E-state index is 12.3. The van der Waals surface area contributed by atoms with Crippen LogP contribution in [0.1, 0.15) is 36.2 Å². The van der Waals surface area contributed by atoms with Crippen LogP contribution in [0.25, 0.3) is 0 Å². The molecule has 1 fully saturated rings. The zero-order chi connectivity index (χ0) is 15.4. The molecule has 0 unspecified atom stereocenters. The summed E-state index contributed by atoms with van der Waals surface area (Å²) in [6.07, 6.45) is 1.81. The Morgan fingerprint density at radius 3 is 2.95 bits per heavy atom. The molecule has 0 aliphatic carbocycles. The smallest absolute Gasteiger partial charge is 0.249 e. The molecular formula is C16H19N3O3. The van der Waals surface area contributed by atoms with Gasteiger partial charge in [0.15, 0.2) is 5.82 Å². The Kier molecular flexibility index (Phi) is 4.48. The van der Waals surface area contributed by atoms with Crippen LogP contribution < -0.4 is 0 Å². The van der Waals surface area contributed by atoms with Gasteiger partial charge in [-0.25, -0.2) is 0 Å². The molecule has 2 aromatic rings. The Hall–Kier alpha value is -2.21. The van der Waals surface area contributed by atoms with E-state index >= 15 is 0 Å². The summed E-state index contributed by atoms with van der Waals surface area (Å²) in [5.41, 5.74) is 1.06. The van der Waals surface area contributed by atoms with Crippen LogP contribution in [0.15, 0.2) is 34.9 Å². The first-order chi connectivity index (χ1) is 10.7. The number of hydrogen-bond donors (Lipinski definition) is 0. The highest BCUT2D eigenvalue weighted by molar-refractivity contribution is 5.78. The number of amides is 1. The second-order valence-corrected chi connectivity index (χ2v) is 5.40. The maximum absolute atomic E-state index is 12.3. The Labute approximate surface area is 129 Å². The first-order valence-electron chi connectivity index (χ1n) is 7.45. The van der Waals surface area contributed by atoms with Crippen molar-refractivity contribution in [2.45, 2.75) is 32.4 Å². The number of nitrogens with zero attached hydrogens (tertiary/aromatic N) is 3. The van der Waals surface area contributed by atoms with Crippen molar-refractivity contribution in [3.63, 3.8) is 0 Å². The van der Waals surface area contributed by atoms with Gasteiger partial charge in [0.25, 0.3) is 0 Å². The standard InChI is InChI=1S/C16H19N3O3/c1-12-17-16(18-22-12)14-8-5-9-19(14)15(20)11-21-10-13-6-3-2-4-7-13/h2-4,6-7,14H,5,8-11H2,1H3/t14-/m1/s1. The highest BCUT2D eigenvalue weighted by atomic mass is 16.5. The number of rotatable bonds is 5. The summed E-state index contributed by atoms with van der Waals surface area (Å²) in [7, 11) is 0. The first-order valence-corrected chi connectivity index (χ1v) is 7.45. The van der Waals surface area contributed by atoms with Gasteiger partial charge < -0.3 is 14.2 Å². The highest BCUT2D eigenvalue weighted by Crippen LogP contribution is 2.30. The minimum Gasteiger partial charge on any atom is -0.367 e. The van der Waals surface area contributed by atoms with Crippen molar-refractivity contribution < 1.29 is 14.1 Å². The maximum Gasteiger partial charge on any atom is 0.249 e. The molecular weight excluding hydrogens is 282 g/mol. The number of likely N-dealkylation sites (tertiary alicyclic amines) is 1. The average molecular weight is 301 g/mol. The van der Waals surface area contributed by atoms with E-state index in [4.69, 9.17) is 9.26 Å². The lowest BCUT2D eigenvalue weighted by atomic mass is 10.2. The lowest BCUT2D eigenvalue weighted by Crippen LogP contribution is -2.34. The van der Waals surface area contributed by atoms with E-state index in [1.807, 2.05) is 30.3 Å². The Bertz CT molecular complexity index is 627. The van der Waals surface area contributed by atoms with Crippen molar-refractivity contribution in [1.29, 1.82) is 0 Å². The molecule has 22 heavy (non-hydrogen) atoms. The van der Waals surface area contributed by atoms with Gasteiger partial charge in [-0.3, -0.25) is 4.79 Å². The number of carbonyl (C=O) groups is 1. The molecule has 1 aromatic carbocycles. The third kappa shape index (κ3) is 3.33. The van der Waals surface area contributed by atoms with Gasteiger partial charge in [0.05, 0.1) is 12.6 Å². The molecule has 6 heteroatoms. The first kappa shape index (κ1) is 14.7. The Morgan fingerprint density at radius 1 is 1.41 bits per heavy atom. The van der Waals surface area contributed by atoms with Gasteiger partial charge in [-0.05, 0) is 18.4 Å². The molecule has 0 saturated carbocycles. The van der Waals surface area contributed by atoms with Crippen LogP contribution in [0, 0.1) is 6.92 Å². The van der Waals surface area contributed by atoms with Crippen molar-refractivity contribution in [1.82, 2.24) is 15.0 Å². The third-order valence-electron chi connectivity index (χ3n) is 3.75. The van der Waals surface area contributed by atoms with E-state index in [9.17, 15) is 4.79 Å². The van der Waals surface area contributed by atoms with Gasteiger partial charge in [-0.15, -0.1) is 0 Å². The van der Waals surface area contributed by atoms with Crippen molar-refractivity contribution in [2.24, 2.45) is 0 Å². The molecule has 2 heterocycles. The molecule has 3 rings (SSSR count). The zero-order valence-corrected chi connectivity index (χ0v) is 12.6. The largest absolute Gasteiger partial charge is 0.367 e. The summed E-state index contributed by atoms with van der Waals surface area (Å²) < 4.78 is 10.5. The molecule has 116 valence electrons. The number of ether oxygens (including phenoxy) is 1. The summed E-state index contributed by atoms with van der Waals surface area (Å²) >= 11 is 0. The summed E-state index contributed by atoms with van der Waals surface area (Å²) in [6.45, 7) is 2.97. The van der Waals surface area contributed by atoms with E-state index in [-0.39, 0.29) is 18.6 Å². The summed E-state index contributed by atoms with van der Waals surface area (Å²) in [6, 6.07) is 9.73. The number of hydrogen-bond acceptors (Lipinski definition) is 5. The van der Waals surface area contributed by atoms with Crippen molar-refractivity contribution >= 4 is 5.91 Å². The Morgan fingerprint density at radius 2 is 2.23 bits per heavy atom. The molecule has 1 aliphatic rings. The number of carbonyl (C=O) groups excluding carboxylic acids is 1. The van der Waals surface area contributed by atoms with Crippen LogP contribution in [0.4, 0.5) is 0 Å². The van der Waals surface area contributed by atoms with Gasteiger partial charge in [0, 0.05) is 13.5 Å².